The number of benzene rings is 1. The van der Waals surface area contributed by atoms with Crippen LogP contribution in [0.1, 0.15) is 16.8 Å². The number of nitrogens with one attached hydrogen (secondary N) is 1. The van der Waals surface area contributed by atoms with Crippen molar-refractivity contribution in [1.82, 2.24) is 10.2 Å². The molecule has 0 spiro atoms. The fraction of sp³-hybridized carbons (Fsp3) is 0.333. The van der Waals surface area contributed by atoms with Gasteiger partial charge in [0, 0.05) is 18.7 Å². The predicted molar refractivity (Wildman–Crippen MR) is 61.6 cm³/mol. The molecular formula is C12H14N2O3. The number of phenols is 1. The number of hydrogen-bond acceptors (Lipinski definition) is 3. The molecule has 0 radical (unpaired) electrons. The van der Waals surface area contributed by atoms with Crippen molar-refractivity contribution in [2.75, 3.05) is 19.6 Å². The molecule has 90 valence electrons. The Hall–Kier alpha value is -2.04. The van der Waals surface area contributed by atoms with Gasteiger partial charge in [0.1, 0.15) is 5.75 Å². The third kappa shape index (κ3) is 2.75. The molecule has 1 aliphatic rings. The number of phenolic OH excluding ortho intramolecular Hbond substituents is 1. The minimum Gasteiger partial charge on any atom is -0.508 e. The molecular weight excluding hydrogens is 220 g/mol. The summed E-state index contributed by atoms with van der Waals surface area (Å²) in [7, 11) is 0. The topological polar surface area (TPSA) is 69.6 Å². The Morgan fingerprint density at radius 1 is 1.29 bits per heavy atom. The van der Waals surface area contributed by atoms with Crippen molar-refractivity contribution in [3.05, 3.63) is 29.8 Å². The highest BCUT2D eigenvalue weighted by molar-refractivity contribution is 5.96. The van der Waals surface area contributed by atoms with Crippen LogP contribution in [0.15, 0.2) is 24.3 Å². The van der Waals surface area contributed by atoms with Gasteiger partial charge in [-0.3, -0.25) is 9.59 Å². The third-order valence-corrected chi connectivity index (χ3v) is 2.66. The molecule has 5 heteroatoms. The second kappa shape index (κ2) is 4.86. The Morgan fingerprint density at radius 2 is 2.00 bits per heavy atom. The Morgan fingerprint density at radius 3 is 2.71 bits per heavy atom. The van der Waals surface area contributed by atoms with Crippen LogP contribution in [-0.4, -0.2) is 41.5 Å². The molecule has 0 bridgehead atoms. The van der Waals surface area contributed by atoms with Gasteiger partial charge in [0.05, 0.1) is 6.54 Å². The maximum absolute atomic E-state index is 12.1. The summed E-state index contributed by atoms with van der Waals surface area (Å²) in [6.07, 6.45) is 0.759. The highest BCUT2D eigenvalue weighted by atomic mass is 16.3. The van der Waals surface area contributed by atoms with Crippen LogP contribution in [0.2, 0.25) is 0 Å². The Balaban J connectivity index is 2.13. The zero-order valence-corrected chi connectivity index (χ0v) is 9.35. The number of hydrogen-bond donors (Lipinski definition) is 2. The number of carbonyl (C=O) groups is 2. The molecule has 1 aromatic carbocycles. The fourth-order valence-corrected chi connectivity index (χ4v) is 1.77. The predicted octanol–water partition coefficient (Wildman–Crippen LogP) is 0.354. The first-order valence-corrected chi connectivity index (χ1v) is 5.52. The van der Waals surface area contributed by atoms with Crippen LogP contribution >= 0.6 is 0 Å². The number of amides is 2. The van der Waals surface area contributed by atoms with E-state index in [0.29, 0.717) is 18.7 Å². The van der Waals surface area contributed by atoms with E-state index in [1.54, 1.807) is 12.1 Å². The lowest BCUT2D eigenvalue weighted by Gasteiger charge is -2.18. The standard InChI is InChI=1S/C12H14N2O3/c15-10-4-2-9(3-5-10)12(17)14-7-1-6-13-11(16)8-14/h2-5,15H,1,6-8H2,(H,13,16). The van der Waals surface area contributed by atoms with Crippen molar-refractivity contribution in [2.45, 2.75) is 6.42 Å². The van der Waals surface area contributed by atoms with Crippen LogP contribution in [0.3, 0.4) is 0 Å². The molecule has 0 aromatic heterocycles. The Bertz CT molecular complexity index is 428. The molecule has 2 N–H and O–H groups in total. The normalized spacial score (nSPS) is 16.2. The van der Waals surface area contributed by atoms with E-state index in [9.17, 15) is 9.59 Å². The van der Waals surface area contributed by atoms with Crippen molar-refractivity contribution < 1.29 is 14.7 Å². The number of carbonyl (C=O) groups excluding carboxylic acids is 2. The highest BCUT2D eigenvalue weighted by Crippen LogP contribution is 2.12. The van der Waals surface area contributed by atoms with Crippen LogP contribution < -0.4 is 5.32 Å². The first kappa shape index (κ1) is 11.4. The minimum atomic E-state index is -0.179. The van der Waals surface area contributed by atoms with Gasteiger partial charge < -0.3 is 15.3 Å². The van der Waals surface area contributed by atoms with E-state index in [2.05, 4.69) is 5.32 Å². The zero-order valence-electron chi connectivity index (χ0n) is 9.35. The Kier molecular flexibility index (Phi) is 3.27. The van der Waals surface area contributed by atoms with Crippen LogP contribution in [0, 0.1) is 0 Å². The largest absolute Gasteiger partial charge is 0.508 e. The van der Waals surface area contributed by atoms with Gasteiger partial charge in [-0.15, -0.1) is 0 Å². The van der Waals surface area contributed by atoms with Gasteiger partial charge in [0.15, 0.2) is 0 Å². The van der Waals surface area contributed by atoms with E-state index in [4.69, 9.17) is 5.11 Å². The van der Waals surface area contributed by atoms with Gasteiger partial charge in [-0.05, 0) is 30.7 Å². The summed E-state index contributed by atoms with van der Waals surface area (Å²) in [6.45, 7) is 1.27. The molecule has 0 unspecified atom stereocenters. The third-order valence-electron chi connectivity index (χ3n) is 2.66. The smallest absolute Gasteiger partial charge is 0.254 e. The molecule has 2 amide bonds. The molecule has 1 heterocycles. The molecule has 0 saturated carbocycles. The zero-order chi connectivity index (χ0) is 12.3. The van der Waals surface area contributed by atoms with Gasteiger partial charge in [0.2, 0.25) is 5.91 Å². The monoisotopic (exact) mass is 234 g/mol. The quantitative estimate of drug-likeness (QED) is 0.737. The maximum atomic E-state index is 12.1. The van der Waals surface area contributed by atoms with Crippen LogP contribution in [0.5, 0.6) is 5.75 Å². The van der Waals surface area contributed by atoms with E-state index < -0.39 is 0 Å². The van der Waals surface area contributed by atoms with E-state index in [0.717, 1.165) is 6.42 Å². The average Bonchev–Trinajstić information content (AvgIpc) is 2.54. The van der Waals surface area contributed by atoms with Gasteiger partial charge >= 0.3 is 0 Å². The first-order valence-electron chi connectivity index (χ1n) is 5.52. The Labute approximate surface area is 99.0 Å². The second-order valence-corrected chi connectivity index (χ2v) is 3.98. The van der Waals surface area contributed by atoms with Gasteiger partial charge in [-0.1, -0.05) is 0 Å². The van der Waals surface area contributed by atoms with Gasteiger partial charge in [0.25, 0.3) is 5.91 Å². The van der Waals surface area contributed by atoms with Crippen molar-refractivity contribution >= 4 is 11.8 Å². The highest BCUT2D eigenvalue weighted by Gasteiger charge is 2.20. The van der Waals surface area contributed by atoms with Crippen molar-refractivity contribution in [1.29, 1.82) is 0 Å². The fourth-order valence-electron chi connectivity index (χ4n) is 1.77. The summed E-state index contributed by atoms with van der Waals surface area (Å²) in [5.41, 5.74) is 0.484. The van der Waals surface area contributed by atoms with Crippen LogP contribution in [0.25, 0.3) is 0 Å². The van der Waals surface area contributed by atoms with Gasteiger partial charge in [-0.25, -0.2) is 0 Å². The summed E-state index contributed by atoms with van der Waals surface area (Å²) >= 11 is 0. The molecule has 1 aromatic rings. The van der Waals surface area contributed by atoms with E-state index >= 15 is 0 Å². The summed E-state index contributed by atoms with van der Waals surface area (Å²) < 4.78 is 0. The van der Waals surface area contributed by atoms with Crippen molar-refractivity contribution in [3.63, 3.8) is 0 Å². The first-order chi connectivity index (χ1) is 8.16. The lowest BCUT2D eigenvalue weighted by atomic mass is 10.2. The number of nitrogens with zero attached hydrogens (tertiary/aromatic N) is 1. The lowest BCUT2D eigenvalue weighted by molar-refractivity contribution is -0.121. The van der Waals surface area contributed by atoms with E-state index in [-0.39, 0.29) is 24.1 Å². The van der Waals surface area contributed by atoms with Crippen molar-refractivity contribution in [3.8, 4) is 5.75 Å². The van der Waals surface area contributed by atoms with E-state index in [1.165, 1.54) is 17.0 Å². The maximum Gasteiger partial charge on any atom is 0.254 e. The SMILES string of the molecule is O=C1CN(C(=O)c2ccc(O)cc2)CCCN1. The summed E-state index contributed by atoms with van der Waals surface area (Å²) in [6, 6.07) is 6.04. The summed E-state index contributed by atoms with van der Waals surface area (Å²) in [4.78, 5) is 24.9. The molecule has 2 rings (SSSR count). The number of aromatic hydroxyl groups is 1. The van der Waals surface area contributed by atoms with E-state index in [1.807, 2.05) is 0 Å². The molecule has 1 aliphatic heterocycles. The van der Waals surface area contributed by atoms with Crippen LogP contribution in [0.4, 0.5) is 0 Å². The molecule has 1 saturated heterocycles. The van der Waals surface area contributed by atoms with Gasteiger partial charge in [-0.2, -0.15) is 0 Å². The molecule has 0 atom stereocenters. The summed E-state index contributed by atoms with van der Waals surface area (Å²) in [5.74, 6) is -0.188. The second-order valence-electron chi connectivity index (χ2n) is 3.98. The summed E-state index contributed by atoms with van der Waals surface area (Å²) in [5, 5.41) is 11.9. The molecule has 0 aliphatic carbocycles. The number of rotatable bonds is 1. The average molecular weight is 234 g/mol. The minimum absolute atomic E-state index is 0.0969. The molecule has 17 heavy (non-hydrogen) atoms. The van der Waals surface area contributed by atoms with Crippen molar-refractivity contribution in [2.24, 2.45) is 0 Å². The lowest BCUT2D eigenvalue weighted by Crippen LogP contribution is -2.37. The van der Waals surface area contributed by atoms with Crippen LogP contribution in [-0.2, 0) is 4.79 Å². The molecule has 1 fully saturated rings. The molecule has 5 nitrogen and oxygen atoms in total.